The van der Waals surface area contributed by atoms with Gasteiger partial charge in [-0.3, -0.25) is 19.4 Å². The molecule has 0 aromatic heterocycles. The fourth-order valence-electron chi connectivity index (χ4n) is 3.59. The largest absolute Gasteiger partial charge is 0.355 e. The fraction of sp³-hybridized carbons (Fsp3) is 0.333. The summed E-state index contributed by atoms with van der Waals surface area (Å²) < 4.78 is 0. The number of rotatable bonds is 8. The Morgan fingerprint density at radius 3 is 2.47 bits per heavy atom. The lowest BCUT2D eigenvalue weighted by atomic mass is 10.0. The number of hydrazine groups is 1. The van der Waals surface area contributed by atoms with E-state index in [4.69, 9.17) is 0 Å². The van der Waals surface area contributed by atoms with Crippen molar-refractivity contribution in [2.75, 3.05) is 13.1 Å². The molecule has 0 aliphatic carbocycles. The van der Waals surface area contributed by atoms with E-state index in [2.05, 4.69) is 22.1 Å². The summed E-state index contributed by atoms with van der Waals surface area (Å²) in [6.07, 6.45) is 1.55. The van der Waals surface area contributed by atoms with Crippen molar-refractivity contribution in [3.8, 4) is 6.07 Å². The zero-order valence-corrected chi connectivity index (χ0v) is 17.8. The highest BCUT2D eigenvalue weighted by Crippen LogP contribution is 2.16. The van der Waals surface area contributed by atoms with Crippen LogP contribution in [0.1, 0.15) is 36.4 Å². The van der Waals surface area contributed by atoms with E-state index in [9.17, 15) is 19.6 Å². The minimum atomic E-state index is -0.792. The summed E-state index contributed by atoms with van der Waals surface area (Å²) in [4.78, 5) is 37.7. The number of nitriles is 1. The number of nitrogens with one attached hydrogen (secondary N) is 3. The standard InChI is InChI=1S/C24H27N5O3/c25-17-20(19-10-5-2-6-11-19)28-24(32)21-12-7-14-27-29(21)23(31)13-15-26-22(30)16-18-8-3-1-4-9-18/h1-6,8-11,20-21,27H,7,12-16H2,(H,26,30)(H,28,32)/t20?,21-/m0/s1. The lowest BCUT2D eigenvalue weighted by Crippen LogP contribution is -2.59. The van der Waals surface area contributed by atoms with Crippen molar-refractivity contribution in [2.24, 2.45) is 0 Å². The summed E-state index contributed by atoms with van der Waals surface area (Å²) in [7, 11) is 0. The van der Waals surface area contributed by atoms with Crippen LogP contribution in [0, 0.1) is 11.3 Å². The third-order valence-corrected chi connectivity index (χ3v) is 5.24. The summed E-state index contributed by atoms with van der Waals surface area (Å²) in [5, 5.41) is 16.3. The van der Waals surface area contributed by atoms with Gasteiger partial charge in [0, 0.05) is 19.5 Å². The van der Waals surface area contributed by atoms with Gasteiger partial charge in [0.05, 0.1) is 12.5 Å². The maximum atomic E-state index is 12.9. The van der Waals surface area contributed by atoms with Crippen LogP contribution < -0.4 is 16.1 Å². The zero-order chi connectivity index (χ0) is 22.8. The third-order valence-electron chi connectivity index (χ3n) is 5.24. The monoisotopic (exact) mass is 433 g/mol. The topological polar surface area (TPSA) is 114 Å². The Balaban J connectivity index is 1.52. The molecule has 0 saturated carbocycles. The van der Waals surface area contributed by atoms with Gasteiger partial charge in [-0.05, 0) is 24.0 Å². The molecule has 1 saturated heterocycles. The molecule has 2 aromatic rings. The normalized spacial score (nSPS) is 16.5. The van der Waals surface area contributed by atoms with Crippen LogP contribution in [0.3, 0.4) is 0 Å². The maximum Gasteiger partial charge on any atom is 0.245 e. The number of hydrogen-bond donors (Lipinski definition) is 3. The van der Waals surface area contributed by atoms with E-state index in [0.717, 1.165) is 12.0 Å². The predicted molar refractivity (Wildman–Crippen MR) is 119 cm³/mol. The molecule has 8 nitrogen and oxygen atoms in total. The maximum absolute atomic E-state index is 12.9. The molecule has 2 atom stereocenters. The van der Waals surface area contributed by atoms with Crippen LogP contribution in [0.5, 0.6) is 0 Å². The van der Waals surface area contributed by atoms with E-state index >= 15 is 0 Å². The molecule has 0 radical (unpaired) electrons. The van der Waals surface area contributed by atoms with Gasteiger partial charge in [-0.15, -0.1) is 0 Å². The third kappa shape index (κ3) is 6.40. The van der Waals surface area contributed by atoms with E-state index in [-0.39, 0.29) is 37.1 Å². The molecule has 32 heavy (non-hydrogen) atoms. The summed E-state index contributed by atoms with van der Waals surface area (Å²) in [5.41, 5.74) is 4.57. The first-order valence-electron chi connectivity index (χ1n) is 10.7. The zero-order valence-electron chi connectivity index (χ0n) is 17.8. The van der Waals surface area contributed by atoms with Crippen molar-refractivity contribution in [3.63, 3.8) is 0 Å². The predicted octanol–water partition coefficient (Wildman–Crippen LogP) is 1.61. The van der Waals surface area contributed by atoms with Gasteiger partial charge in [0.1, 0.15) is 12.1 Å². The van der Waals surface area contributed by atoms with Gasteiger partial charge in [-0.1, -0.05) is 60.7 Å². The van der Waals surface area contributed by atoms with E-state index < -0.39 is 12.1 Å². The fourth-order valence-corrected chi connectivity index (χ4v) is 3.59. The molecule has 0 spiro atoms. The smallest absolute Gasteiger partial charge is 0.245 e. The second kappa shape index (κ2) is 11.6. The van der Waals surface area contributed by atoms with Crippen molar-refractivity contribution in [1.82, 2.24) is 21.1 Å². The average Bonchev–Trinajstić information content (AvgIpc) is 2.83. The molecule has 0 bridgehead atoms. The second-order valence-corrected chi connectivity index (χ2v) is 7.57. The first-order chi connectivity index (χ1) is 15.6. The highest BCUT2D eigenvalue weighted by atomic mass is 16.2. The Morgan fingerprint density at radius 2 is 1.78 bits per heavy atom. The summed E-state index contributed by atoms with van der Waals surface area (Å²) >= 11 is 0. The van der Waals surface area contributed by atoms with Crippen molar-refractivity contribution < 1.29 is 14.4 Å². The van der Waals surface area contributed by atoms with Gasteiger partial charge in [0.25, 0.3) is 0 Å². The molecule has 1 aliphatic rings. The summed E-state index contributed by atoms with van der Waals surface area (Å²) in [6, 6.07) is 18.9. The first-order valence-corrected chi connectivity index (χ1v) is 10.7. The summed E-state index contributed by atoms with van der Waals surface area (Å²) in [6.45, 7) is 0.762. The number of benzene rings is 2. The van der Waals surface area contributed by atoms with Crippen LogP contribution in [0.25, 0.3) is 0 Å². The van der Waals surface area contributed by atoms with Crippen molar-refractivity contribution in [1.29, 1.82) is 5.26 Å². The quantitative estimate of drug-likeness (QED) is 0.585. The molecule has 1 heterocycles. The Hall–Kier alpha value is -3.70. The number of hydrogen-bond acceptors (Lipinski definition) is 5. The van der Waals surface area contributed by atoms with Crippen LogP contribution in [0.4, 0.5) is 0 Å². The summed E-state index contributed by atoms with van der Waals surface area (Å²) in [5.74, 6) is -0.822. The molecule has 2 aromatic carbocycles. The average molecular weight is 434 g/mol. The molecule has 166 valence electrons. The Kier molecular flexibility index (Phi) is 8.35. The molecule has 1 aliphatic heterocycles. The van der Waals surface area contributed by atoms with Crippen LogP contribution >= 0.6 is 0 Å². The first kappa shape index (κ1) is 23.0. The highest BCUT2D eigenvalue weighted by Gasteiger charge is 2.33. The van der Waals surface area contributed by atoms with E-state index in [1.165, 1.54) is 5.01 Å². The van der Waals surface area contributed by atoms with Gasteiger partial charge in [0.15, 0.2) is 0 Å². The van der Waals surface area contributed by atoms with Gasteiger partial charge in [-0.2, -0.15) is 5.26 Å². The molecule has 8 heteroatoms. The molecular formula is C24H27N5O3. The number of carbonyl (C=O) groups excluding carboxylic acids is 3. The van der Waals surface area contributed by atoms with Gasteiger partial charge in [-0.25, -0.2) is 5.43 Å². The Bertz CT molecular complexity index is 959. The molecule has 1 fully saturated rings. The highest BCUT2D eigenvalue weighted by molar-refractivity contribution is 5.88. The van der Waals surface area contributed by atoms with E-state index in [1.807, 2.05) is 36.4 Å². The van der Waals surface area contributed by atoms with Crippen molar-refractivity contribution in [2.45, 2.75) is 37.8 Å². The van der Waals surface area contributed by atoms with Gasteiger partial charge < -0.3 is 10.6 Å². The molecule has 1 unspecified atom stereocenters. The number of amides is 3. The lowest BCUT2D eigenvalue weighted by molar-refractivity contribution is -0.146. The van der Waals surface area contributed by atoms with Crippen molar-refractivity contribution in [3.05, 3.63) is 71.8 Å². The minimum absolute atomic E-state index is 0.0671. The van der Waals surface area contributed by atoms with Gasteiger partial charge >= 0.3 is 0 Å². The molecular weight excluding hydrogens is 406 g/mol. The Morgan fingerprint density at radius 1 is 1.09 bits per heavy atom. The van der Waals surface area contributed by atoms with Crippen LogP contribution in [-0.4, -0.2) is 41.9 Å². The SMILES string of the molecule is N#CC(NC(=O)[C@@H]1CCCNN1C(=O)CCNC(=O)Cc1ccccc1)c1ccccc1. The number of carbonyl (C=O) groups is 3. The van der Waals surface area contributed by atoms with Crippen LogP contribution in [0.2, 0.25) is 0 Å². The van der Waals surface area contributed by atoms with E-state index in [0.29, 0.717) is 18.5 Å². The minimum Gasteiger partial charge on any atom is -0.355 e. The van der Waals surface area contributed by atoms with Crippen LogP contribution in [0.15, 0.2) is 60.7 Å². The van der Waals surface area contributed by atoms with E-state index in [1.54, 1.807) is 24.3 Å². The Labute approximate surface area is 187 Å². The van der Waals surface area contributed by atoms with Crippen molar-refractivity contribution >= 4 is 17.7 Å². The lowest BCUT2D eigenvalue weighted by Gasteiger charge is -2.35. The van der Waals surface area contributed by atoms with Crippen LogP contribution in [-0.2, 0) is 20.8 Å². The van der Waals surface area contributed by atoms with Gasteiger partial charge in [0.2, 0.25) is 17.7 Å². The molecule has 3 amide bonds. The molecule has 3 N–H and O–H groups in total. The second-order valence-electron chi connectivity index (χ2n) is 7.57. The molecule has 3 rings (SSSR count). The number of nitrogens with zero attached hydrogens (tertiary/aromatic N) is 2.